The summed E-state index contributed by atoms with van der Waals surface area (Å²) in [5.41, 5.74) is 8.85. The highest BCUT2D eigenvalue weighted by Gasteiger charge is 2.09. The van der Waals surface area contributed by atoms with Gasteiger partial charge in [-0.05, 0) is 42.2 Å². The molecule has 0 amide bonds. The van der Waals surface area contributed by atoms with E-state index in [4.69, 9.17) is 15.2 Å². The molecule has 4 nitrogen and oxygen atoms in total. The van der Waals surface area contributed by atoms with Crippen molar-refractivity contribution < 1.29 is 9.47 Å². The number of aryl methyl sites for hydroxylation is 1. The third-order valence-corrected chi connectivity index (χ3v) is 3.15. The van der Waals surface area contributed by atoms with Crippen LogP contribution in [0.15, 0.2) is 30.3 Å². The predicted octanol–water partition coefficient (Wildman–Crippen LogP) is 3.90. The lowest BCUT2D eigenvalue weighted by Crippen LogP contribution is -1.98. The van der Waals surface area contributed by atoms with Crippen molar-refractivity contribution in [1.29, 1.82) is 0 Å². The molecule has 2 aromatic rings. The van der Waals surface area contributed by atoms with Crippen LogP contribution in [0.1, 0.15) is 30.9 Å². The number of anilines is 1. The summed E-state index contributed by atoms with van der Waals surface area (Å²) < 4.78 is 10.8. The second-order valence-electron chi connectivity index (χ2n) is 5.02. The Hall–Kier alpha value is -2.23. The van der Waals surface area contributed by atoms with E-state index in [1.54, 1.807) is 19.2 Å². The van der Waals surface area contributed by atoms with Gasteiger partial charge in [-0.25, -0.2) is 0 Å². The number of nitrogens with zero attached hydrogens (tertiary/aromatic N) is 1. The van der Waals surface area contributed by atoms with Gasteiger partial charge in [0.05, 0.1) is 12.8 Å². The maximum Gasteiger partial charge on any atom is 0.246 e. The van der Waals surface area contributed by atoms with Crippen LogP contribution in [0.2, 0.25) is 0 Å². The van der Waals surface area contributed by atoms with Crippen molar-refractivity contribution in [2.75, 3.05) is 12.8 Å². The Kier molecular flexibility index (Phi) is 4.13. The second-order valence-corrected chi connectivity index (χ2v) is 5.02. The molecular weight excluding hydrogens is 252 g/mol. The molecule has 20 heavy (non-hydrogen) atoms. The second kappa shape index (κ2) is 5.82. The molecule has 0 bridgehead atoms. The van der Waals surface area contributed by atoms with E-state index in [0.717, 1.165) is 5.75 Å². The first-order valence-electron chi connectivity index (χ1n) is 6.60. The standard InChI is InChI=1S/C16H20N2O2/c1-10(2)13-6-5-12(9-11(13)3)20-16-14(17)7-8-15(18-16)19-4/h5-10H,17H2,1-4H3. The van der Waals surface area contributed by atoms with Gasteiger partial charge in [0.1, 0.15) is 5.75 Å². The maximum atomic E-state index is 5.87. The lowest BCUT2D eigenvalue weighted by molar-refractivity contribution is 0.384. The number of nitrogen functional groups attached to an aromatic ring is 1. The third-order valence-electron chi connectivity index (χ3n) is 3.15. The van der Waals surface area contributed by atoms with Gasteiger partial charge >= 0.3 is 0 Å². The minimum atomic E-state index is 0.362. The summed E-state index contributed by atoms with van der Waals surface area (Å²) in [6.45, 7) is 6.42. The summed E-state index contributed by atoms with van der Waals surface area (Å²) in [4.78, 5) is 4.20. The minimum Gasteiger partial charge on any atom is -0.481 e. The molecule has 2 rings (SSSR count). The van der Waals surface area contributed by atoms with Crippen molar-refractivity contribution in [2.45, 2.75) is 26.7 Å². The number of hydrogen-bond acceptors (Lipinski definition) is 4. The quantitative estimate of drug-likeness (QED) is 0.917. The Bertz CT molecular complexity index is 609. The highest BCUT2D eigenvalue weighted by atomic mass is 16.5. The number of aromatic nitrogens is 1. The van der Waals surface area contributed by atoms with E-state index in [9.17, 15) is 0 Å². The maximum absolute atomic E-state index is 5.87. The normalized spacial score (nSPS) is 10.7. The highest BCUT2D eigenvalue weighted by molar-refractivity contribution is 5.51. The number of rotatable bonds is 4. The zero-order valence-electron chi connectivity index (χ0n) is 12.3. The van der Waals surface area contributed by atoms with Gasteiger partial charge in [-0.2, -0.15) is 4.98 Å². The van der Waals surface area contributed by atoms with Crippen molar-refractivity contribution in [1.82, 2.24) is 4.98 Å². The van der Waals surface area contributed by atoms with Crippen molar-refractivity contribution in [3.8, 4) is 17.5 Å². The summed E-state index contributed by atoms with van der Waals surface area (Å²) >= 11 is 0. The lowest BCUT2D eigenvalue weighted by Gasteiger charge is -2.13. The van der Waals surface area contributed by atoms with E-state index in [1.165, 1.54) is 11.1 Å². The molecule has 1 heterocycles. The van der Waals surface area contributed by atoms with Crippen LogP contribution in [0.3, 0.4) is 0 Å². The summed E-state index contributed by atoms with van der Waals surface area (Å²) in [5, 5.41) is 0. The van der Waals surface area contributed by atoms with Crippen LogP contribution in [0.4, 0.5) is 5.69 Å². The molecule has 0 fully saturated rings. The van der Waals surface area contributed by atoms with Gasteiger partial charge in [0, 0.05) is 6.07 Å². The molecule has 0 unspecified atom stereocenters. The fourth-order valence-corrected chi connectivity index (χ4v) is 2.10. The summed E-state index contributed by atoms with van der Waals surface area (Å²) in [5.74, 6) is 2.05. The molecule has 2 N–H and O–H groups in total. The first-order valence-corrected chi connectivity index (χ1v) is 6.60. The number of benzene rings is 1. The van der Waals surface area contributed by atoms with Crippen molar-refractivity contribution in [3.63, 3.8) is 0 Å². The number of nitrogens with two attached hydrogens (primary N) is 1. The van der Waals surface area contributed by atoms with E-state index < -0.39 is 0 Å². The van der Waals surface area contributed by atoms with Crippen molar-refractivity contribution in [2.24, 2.45) is 0 Å². The third kappa shape index (κ3) is 3.02. The summed E-state index contributed by atoms with van der Waals surface area (Å²) in [6.07, 6.45) is 0. The van der Waals surface area contributed by atoms with E-state index in [-0.39, 0.29) is 0 Å². The number of methoxy groups -OCH3 is 1. The fourth-order valence-electron chi connectivity index (χ4n) is 2.10. The molecule has 0 aliphatic carbocycles. The van der Waals surface area contributed by atoms with Gasteiger partial charge in [-0.3, -0.25) is 0 Å². The van der Waals surface area contributed by atoms with E-state index >= 15 is 0 Å². The van der Waals surface area contributed by atoms with Gasteiger partial charge in [-0.15, -0.1) is 0 Å². The molecule has 106 valence electrons. The zero-order chi connectivity index (χ0) is 14.7. The first-order chi connectivity index (χ1) is 9.51. The summed E-state index contributed by atoms with van der Waals surface area (Å²) in [7, 11) is 1.56. The highest BCUT2D eigenvalue weighted by Crippen LogP contribution is 2.30. The Balaban J connectivity index is 2.28. The van der Waals surface area contributed by atoms with E-state index in [1.807, 2.05) is 12.1 Å². The average Bonchev–Trinajstić information content (AvgIpc) is 2.41. The number of hydrogen-bond donors (Lipinski definition) is 1. The van der Waals surface area contributed by atoms with E-state index in [2.05, 4.69) is 31.8 Å². The molecule has 0 aliphatic heterocycles. The smallest absolute Gasteiger partial charge is 0.246 e. The van der Waals surface area contributed by atoms with Crippen LogP contribution in [0, 0.1) is 6.92 Å². The largest absolute Gasteiger partial charge is 0.481 e. The lowest BCUT2D eigenvalue weighted by atomic mass is 9.98. The van der Waals surface area contributed by atoms with E-state index in [0.29, 0.717) is 23.4 Å². The number of pyridine rings is 1. The molecule has 0 radical (unpaired) electrons. The molecule has 0 atom stereocenters. The molecule has 1 aromatic heterocycles. The predicted molar refractivity (Wildman–Crippen MR) is 80.5 cm³/mol. The van der Waals surface area contributed by atoms with Crippen LogP contribution in [-0.2, 0) is 0 Å². The molecule has 0 spiro atoms. The zero-order valence-corrected chi connectivity index (χ0v) is 12.3. The Labute approximate surface area is 119 Å². The van der Waals surface area contributed by atoms with Crippen molar-refractivity contribution >= 4 is 5.69 Å². The number of ether oxygens (including phenoxy) is 2. The fraction of sp³-hybridized carbons (Fsp3) is 0.312. The van der Waals surface area contributed by atoms with Crippen LogP contribution in [-0.4, -0.2) is 12.1 Å². The molecule has 0 saturated heterocycles. The van der Waals surface area contributed by atoms with Crippen LogP contribution in [0.25, 0.3) is 0 Å². The first kappa shape index (κ1) is 14.2. The van der Waals surface area contributed by atoms with Crippen LogP contribution in [0.5, 0.6) is 17.5 Å². The Morgan fingerprint density at radius 1 is 1.15 bits per heavy atom. The van der Waals surface area contributed by atoms with Gasteiger partial charge in [0.2, 0.25) is 11.8 Å². The monoisotopic (exact) mass is 272 g/mol. The minimum absolute atomic E-state index is 0.362. The van der Waals surface area contributed by atoms with Gasteiger partial charge < -0.3 is 15.2 Å². The molecule has 1 aromatic carbocycles. The summed E-state index contributed by atoms with van der Waals surface area (Å²) in [6, 6.07) is 9.43. The molecular formula is C16H20N2O2. The van der Waals surface area contributed by atoms with Gasteiger partial charge in [-0.1, -0.05) is 19.9 Å². The molecule has 0 saturated carbocycles. The van der Waals surface area contributed by atoms with Crippen LogP contribution < -0.4 is 15.2 Å². The van der Waals surface area contributed by atoms with Gasteiger partial charge in [0.25, 0.3) is 0 Å². The average molecular weight is 272 g/mol. The van der Waals surface area contributed by atoms with Crippen molar-refractivity contribution in [3.05, 3.63) is 41.5 Å². The van der Waals surface area contributed by atoms with Crippen LogP contribution >= 0.6 is 0 Å². The SMILES string of the molecule is COc1ccc(N)c(Oc2ccc(C(C)C)c(C)c2)n1. The molecule has 0 aliphatic rings. The Morgan fingerprint density at radius 3 is 2.50 bits per heavy atom. The molecule has 4 heteroatoms. The van der Waals surface area contributed by atoms with Gasteiger partial charge in [0.15, 0.2) is 0 Å². The topological polar surface area (TPSA) is 57.4 Å². The Morgan fingerprint density at radius 2 is 1.90 bits per heavy atom.